The second-order valence-electron chi connectivity index (χ2n) is 5.30. The lowest BCUT2D eigenvalue weighted by molar-refractivity contribution is -0.389. The van der Waals surface area contributed by atoms with Crippen LogP contribution in [0.5, 0.6) is 0 Å². The van der Waals surface area contributed by atoms with Gasteiger partial charge >= 0.3 is 5.82 Å². The van der Waals surface area contributed by atoms with E-state index in [4.69, 9.17) is 0 Å². The molecule has 2 N–H and O–H groups in total. The van der Waals surface area contributed by atoms with Crippen LogP contribution in [0.1, 0.15) is 16.1 Å². The lowest BCUT2D eigenvalue weighted by Crippen LogP contribution is -2.14. The number of carbonyl (C=O) groups excluding carboxylic acids is 1. The van der Waals surface area contributed by atoms with Crippen LogP contribution in [0.4, 0.5) is 33.6 Å². The van der Waals surface area contributed by atoms with E-state index < -0.39 is 57.8 Å². The van der Waals surface area contributed by atoms with Crippen LogP contribution in [0.3, 0.4) is 0 Å². The predicted molar refractivity (Wildman–Crippen MR) is 80.8 cm³/mol. The SMILES string of the molecule is O=C(Nc1ccn(Cc2c(F)c(F)c(F)c(F)c2F)n1)c1cc([N+](=O)[O-])[nH]n1. The molecule has 0 fully saturated rings. The molecule has 2 heterocycles. The first kappa shape index (κ1) is 18.9. The molecule has 14 heteroatoms. The van der Waals surface area contributed by atoms with Crippen LogP contribution in [0.15, 0.2) is 18.3 Å². The van der Waals surface area contributed by atoms with Crippen molar-refractivity contribution < 1.29 is 31.7 Å². The summed E-state index contributed by atoms with van der Waals surface area (Å²) in [7, 11) is 0. The van der Waals surface area contributed by atoms with Crippen molar-refractivity contribution in [1.29, 1.82) is 0 Å². The second kappa shape index (κ2) is 7.05. The smallest absolute Gasteiger partial charge is 0.343 e. The number of carbonyl (C=O) groups is 1. The molecule has 0 unspecified atom stereocenters. The summed E-state index contributed by atoms with van der Waals surface area (Å²) in [5, 5.41) is 21.9. The third kappa shape index (κ3) is 3.38. The largest absolute Gasteiger partial charge is 0.358 e. The molecule has 3 rings (SSSR count). The van der Waals surface area contributed by atoms with Gasteiger partial charge in [-0.25, -0.2) is 22.0 Å². The number of nitro groups is 1. The topological polar surface area (TPSA) is 119 Å². The fourth-order valence-electron chi connectivity index (χ4n) is 2.17. The van der Waals surface area contributed by atoms with Gasteiger partial charge in [0.1, 0.15) is 0 Å². The average Bonchev–Trinajstić information content (AvgIpc) is 3.31. The number of benzene rings is 1. The number of rotatable bonds is 5. The van der Waals surface area contributed by atoms with Crippen molar-refractivity contribution >= 4 is 17.5 Å². The molecular weight excluding hydrogens is 395 g/mol. The van der Waals surface area contributed by atoms with Gasteiger partial charge in [0.2, 0.25) is 5.82 Å². The average molecular weight is 402 g/mol. The molecule has 2 aromatic heterocycles. The number of halogens is 5. The van der Waals surface area contributed by atoms with E-state index in [0.29, 0.717) is 0 Å². The van der Waals surface area contributed by atoms with Crippen molar-refractivity contribution in [2.24, 2.45) is 0 Å². The summed E-state index contributed by atoms with van der Waals surface area (Å²) in [6, 6.07) is 2.03. The quantitative estimate of drug-likeness (QED) is 0.224. The summed E-state index contributed by atoms with van der Waals surface area (Å²) in [4.78, 5) is 21.7. The molecule has 146 valence electrons. The molecule has 0 saturated heterocycles. The molecule has 0 spiro atoms. The second-order valence-corrected chi connectivity index (χ2v) is 5.30. The molecule has 9 nitrogen and oxygen atoms in total. The van der Waals surface area contributed by atoms with Crippen LogP contribution in [0.2, 0.25) is 0 Å². The molecule has 0 aliphatic rings. The Labute approximate surface area is 150 Å². The highest BCUT2D eigenvalue weighted by Gasteiger charge is 2.26. The maximum absolute atomic E-state index is 13.7. The van der Waals surface area contributed by atoms with Gasteiger partial charge in [-0.05, 0) is 4.92 Å². The van der Waals surface area contributed by atoms with Crippen LogP contribution in [-0.2, 0) is 6.54 Å². The Balaban J connectivity index is 1.78. The van der Waals surface area contributed by atoms with E-state index >= 15 is 0 Å². The monoisotopic (exact) mass is 402 g/mol. The lowest BCUT2D eigenvalue weighted by atomic mass is 10.1. The minimum Gasteiger partial charge on any atom is -0.358 e. The third-order valence-corrected chi connectivity index (χ3v) is 3.50. The summed E-state index contributed by atoms with van der Waals surface area (Å²) in [5.74, 6) is -12.0. The lowest BCUT2D eigenvalue weighted by Gasteiger charge is -2.08. The van der Waals surface area contributed by atoms with Crippen LogP contribution in [-0.4, -0.2) is 30.8 Å². The summed E-state index contributed by atoms with van der Waals surface area (Å²) in [5.41, 5.74) is -1.44. The molecule has 0 bridgehead atoms. The minimum atomic E-state index is -2.28. The van der Waals surface area contributed by atoms with E-state index in [1.165, 1.54) is 6.07 Å². The van der Waals surface area contributed by atoms with Gasteiger partial charge in [-0.3, -0.25) is 9.48 Å². The van der Waals surface area contributed by atoms with Gasteiger partial charge in [0.05, 0.1) is 18.2 Å². The van der Waals surface area contributed by atoms with Crippen molar-refractivity contribution in [3.63, 3.8) is 0 Å². The highest BCUT2D eigenvalue weighted by molar-refractivity contribution is 6.02. The molecular formula is C14H7F5N6O3. The summed E-state index contributed by atoms with van der Waals surface area (Å²) in [6.07, 6.45) is 1.11. The predicted octanol–water partition coefficient (Wildman–Crippen LogP) is 2.51. The van der Waals surface area contributed by atoms with Gasteiger partial charge in [-0.1, -0.05) is 5.10 Å². The van der Waals surface area contributed by atoms with Crippen LogP contribution >= 0.6 is 0 Å². The Morgan fingerprint density at radius 2 is 1.75 bits per heavy atom. The number of nitrogens with one attached hydrogen (secondary N) is 2. The first-order chi connectivity index (χ1) is 13.2. The zero-order chi connectivity index (χ0) is 20.6. The number of aromatic nitrogens is 4. The van der Waals surface area contributed by atoms with E-state index in [0.717, 1.165) is 16.9 Å². The van der Waals surface area contributed by atoms with E-state index in [1.807, 2.05) is 5.10 Å². The number of anilines is 1. The first-order valence-corrected chi connectivity index (χ1v) is 7.24. The Morgan fingerprint density at radius 3 is 2.32 bits per heavy atom. The summed E-state index contributed by atoms with van der Waals surface area (Å²) in [6.45, 7) is -0.810. The zero-order valence-electron chi connectivity index (χ0n) is 13.3. The maximum Gasteiger partial charge on any atom is 0.343 e. The van der Waals surface area contributed by atoms with Crippen LogP contribution in [0.25, 0.3) is 0 Å². The Kier molecular flexibility index (Phi) is 4.77. The molecule has 1 aromatic carbocycles. The van der Waals surface area contributed by atoms with Crippen molar-refractivity contribution in [3.8, 4) is 0 Å². The van der Waals surface area contributed by atoms with E-state index in [9.17, 15) is 36.9 Å². The first-order valence-electron chi connectivity index (χ1n) is 7.24. The Hall–Kier alpha value is -3.84. The van der Waals surface area contributed by atoms with E-state index in [2.05, 4.69) is 15.5 Å². The van der Waals surface area contributed by atoms with Gasteiger partial charge < -0.3 is 15.4 Å². The highest BCUT2D eigenvalue weighted by Crippen LogP contribution is 2.24. The summed E-state index contributed by atoms with van der Waals surface area (Å²) < 4.78 is 67.7. The number of H-pyrrole nitrogens is 1. The fourth-order valence-corrected chi connectivity index (χ4v) is 2.17. The van der Waals surface area contributed by atoms with Crippen LogP contribution < -0.4 is 5.32 Å². The standard InChI is InChI=1S/C14H7F5N6O3/c15-9-5(10(16)12(18)13(19)11(9)17)4-24-2-1-7(23-24)20-14(26)6-3-8(22-21-6)25(27)28/h1-3H,4H2,(H,21,22)(H,20,23,26). The van der Waals surface area contributed by atoms with Gasteiger partial charge in [0, 0.05) is 12.3 Å². The zero-order valence-corrected chi connectivity index (χ0v) is 13.3. The van der Waals surface area contributed by atoms with E-state index in [1.54, 1.807) is 0 Å². The van der Waals surface area contributed by atoms with Gasteiger partial charge in [0.25, 0.3) is 5.91 Å². The molecule has 0 aliphatic heterocycles. The van der Waals surface area contributed by atoms with Gasteiger partial charge in [0.15, 0.2) is 34.8 Å². The molecule has 0 atom stereocenters. The number of nitrogens with zero attached hydrogens (tertiary/aromatic N) is 4. The van der Waals surface area contributed by atoms with E-state index in [-0.39, 0.29) is 11.5 Å². The number of amides is 1. The van der Waals surface area contributed by atoms with Gasteiger partial charge in [-0.15, -0.1) is 5.10 Å². The fraction of sp³-hybridized carbons (Fsp3) is 0.0714. The molecule has 1 amide bonds. The number of aromatic amines is 1. The van der Waals surface area contributed by atoms with Crippen LogP contribution in [0, 0.1) is 39.2 Å². The van der Waals surface area contributed by atoms with Crippen molar-refractivity contribution in [3.05, 3.63) is 68.8 Å². The molecule has 3 aromatic rings. The normalized spacial score (nSPS) is 10.9. The Morgan fingerprint density at radius 1 is 1.14 bits per heavy atom. The van der Waals surface area contributed by atoms with Crippen molar-refractivity contribution in [1.82, 2.24) is 20.0 Å². The minimum absolute atomic E-state index is 0.153. The maximum atomic E-state index is 13.7. The molecule has 0 radical (unpaired) electrons. The molecule has 0 saturated carbocycles. The van der Waals surface area contributed by atoms with Gasteiger partial charge in [-0.2, -0.15) is 5.10 Å². The van der Waals surface area contributed by atoms with Crippen molar-refractivity contribution in [2.75, 3.05) is 5.32 Å². The Bertz CT molecular complexity index is 1070. The highest BCUT2D eigenvalue weighted by atomic mass is 19.2. The number of hydrogen-bond donors (Lipinski definition) is 2. The number of hydrogen-bond acceptors (Lipinski definition) is 5. The summed E-state index contributed by atoms with van der Waals surface area (Å²) >= 11 is 0. The molecule has 0 aliphatic carbocycles. The third-order valence-electron chi connectivity index (χ3n) is 3.50. The van der Waals surface area contributed by atoms with Crippen molar-refractivity contribution in [2.45, 2.75) is 6.54 Å². The molecule has 28 heavy (non-hydrogen) atoms.